The van der Waals surface area contributed by atoms with Crippen LogP contribution in [0.4, 0.5) is 0 Å². The van der Waals surface area contributed by atoms with Gasteiger partial charge in [-0.05, 0) is 32.2 Å². The second-order valence-corrected chi connectivity index (χ2v) is 6.75. The molecule has 0 amide bonds. The van der Waals surface area contributed by atoms with E-state index in [1.165, 1.54) is 6.42 Å². The smallest absolute Gasteiger partial charge is 0.215 e. The van der Waals surface area contributed by atoms with E-state index in [9.17, 15) is 8.42 Å². The predicted octanol–water partition coefficient (Wildman–Crippen LogP) is 0.552. The average Bonchev–Trinajstić information content (AvgIpc) is 3.00. The maximum Gasteiger partial charge on any atom is 0.215 e. The lowest BCUT2D eigenvalue weighted by Gasteiger charge is -2.25. The molecule has 5 heteroatoms. The van der Waals surface area contributed by atoms with Crippen molar-refractivity contribution < 1.29 is 8.42 Å². The maximum absolute atomic E-state index is 12.0. The fraction of sp³-hybridized carbons (Fsp3) is 1.00. The van der Waals surface area contributed by atoms with Crippen molar-refractivity contribution in [1.29, 1.82) is 0 Å². The number of rotatable bonds is 4. The molecule has 15 heavy (non-hydrogen) atoms. The van der Waals surface area contributed by atoms with Crippen molar-refractivity contribution in [2.45, 2.75) is 44.2 Å². The minimum atomic E-state index is -3.03. The zero-order valence-electron chi connectivity index (χ0n) is 9.28. The zero-order chi connectivity index (χ0) is 10.9. The highest BCUT2D eigenvalue weighted by Crippen LogP contribution is 2.28. The molecular weight excluding hydrogens is 212 g/mol. The van der Waals surface area contributed by atoms with Crippen LogP contribution in [0.1, 0.15) is 32.1 Å². The number of piperidine rings is 1. The standard InChI is InChI=1S/C10H20N2O2S/c1-12(10-5-6-10)15(13,14)8-9-4-2-3-7-11-9/h9-11H,2-8H2,1H3. The number of hydrogen-bond donors (Lipinski definition) is 1. The van der Waals surface area contributed by atoms with Gasteiger partial charge in [0.05, 0.1) is 5.75 Å². The van der Waals surface area contributed by atoms with Crippen molar-refractivity contribution in [3.63, 3.8) is 0 Å². The summed E-state index contributed by atoms with van der Waals surface area (Å²) in [6.07, 6.45) is 5.40. The molecule has 0 radical (unpaired) electrons. The lowest BCUT2D eigenvalue weighted by molar-refractivity contribution is 0.407. The van der Waals surface area contributed by atoms with E-state index < -0.39 is 10.0 Å². The van der Waals surface area contributed by atoms with E-state index in [0.29, 0.717) is 6.04 Å². The molecule has 1 heterocycles. The van der Waals surface area contributed by atoms with Gasteiger partial charge in [0.2, 0.25) is 10.0 Å². The van der Waals surface area contributed by atoms with Gasteiger partial charge in [-0.2, -0.15) is 0 Å². The van der Waals surface area contributed by atoms with Crippen molar-refractivity contribution in [2.75, 3.05) is 19.3 Å². The van der Waals surface area contributed by atoms with E-state index >= 15 is 0 Å². The lowest BCUT2D eigenvalue weighted by Crippen LogP contribution is -2.43. The minimum absolute atomic E-state index is 0.171. The van der Waals surface area contributed by atoms with Crippen LogP contribution in [-0.4, -0.2) is 44.2 Å². The molecular formula is C10H20N2O2S. The molecule has 0 aromatic carbocycles. The van der Waals surface area contributed by atoms with Gasteiger partial charge in [-0.3, -0.25) is 0 Å². The number of nitrogens with zero attached hydrogens (tertiary/aromatic N) is 1. The average molecular weight is 232 g/mol. The summed E-state index contributed by atoms with van der Waals surface area (Å²) >= 11 is 0. The van der Waals surface area contributed by atoms with Crippen LogP contribution in [-0.2, 0) is 10.0 Å². The minimum Gasteiger partial charge on any atom is -0.313 e. The van der Waals surface area contributed by atoms with Gasteiger partial charge in [0.15, 0.2) is 0 Å². The Bertz CT molecular complexity index is 305. The van der Waals surface area contributed by atoms with Gasteiger partial charge >= 0.3 is 0 Å². The number of hydrogen-bond acceptors (Lipinski definition) is 3. The first-order chi connectivity index (χ1) is 7.09. The molecule has 1 atom stereocenters. The molecule has 1 aliphatic carbocycles. The van der Waals surface area contributed by atoms with Crippen LogP contribution in [0.25, 0.3) is 0 Å². The van der Waals surface area contributed by atoms with E-state index in [4.69, 9.17) is 0 Å². The predicted molar refractivity (Wildman–Crippen MR) is 60.2 cm³/mol. The van der Waals surface area contributed by atoms with E-state index in [1.807, 2.05) is 0 Å². The molecule has 88 valence electrons. The second kappa shape index (κ2) is 4.39. The summed E-state index contributed by atoms with van der Waals surface area (Å²) in [6.45, 7) is 0.966. The maximum atomic E-state index is 12.0. The Morgan fingerprint density at radius 1 is 1.27 bits per heavy atom. The molecule has 1 aliphatic heterocycles. The first kappa shape index (κ1) is 11.4. The fourth-order valence-electron chi connectivity index (χ4n) is 2.10. The zero-order valence-corrected chi connectivity index (χ0v) is 10.1. The van der Waals surface area contributed by atoms with Crippen LogP contribution in [0.5, 0.6) is 0 Å². The molecule has 0 spiro atoms. The molecule has 0 aromatic heterocycles. The Labute approximate surface area is 92.1 Å². The van der Waals surface area contributed by atoms with Crippen molar-refractivity contribution in [3.05, 3.63) is 0 Å². The normalized spacial score (nSPS) is 28.3. The summed E-state index contributed by atoms with van der Waals surface area (Å²) in [4.78, 5) is 0. The van der Waals surface area contributed by atoms with Crippen molar-refractivity contribution in [3.8, 4) is 0 Å². The largest absolute Gasteiger partial charge is 0.313 e. The molecule has 1 unspecified atom stereocenters. The highest BCUT2D eigenvalue weighted by molar-refractivity contribution is 7.89. The lowest BCUT2D eigenvalue weighted by atomic mass is 10.1. The van der Waals surface area contributed by atoms with Gasteiger partial charge in [0, 0.05) is 19.1 Å². The summed E-state index contributed by atoms with van der Waals surface area (Å²) in [6, 6.07) is 0.462. The Morgan fingerprint density at radius 3 is 2.53 bits per heavy atom. The van der Waals surface area contributed by atoms with Crippen molar-refractivity contribution in [1.82, 2.24) is 9.62 Å². The summed E-state index contributed by atoms with van der Waals surface area (Å²) in [5.41, 5.74) is 0. The molecule has 1 saturated heterocycles. The summed E-state index contributed by atoms with van der Waals surface area (Å²) in [5, 5.41) is 3.28. The van der Waals surface area contributed by atoms with Crippen LogP contribution in [0.2, 0.25) is 0 Å². The van der Waals surface area contributed by atoms with Gasteiger partial charge in [-0.15, -0.1) is 0 Å². The molecule has 0 aromatic rings. The van der Waals surface area contributed by atoms with Crippen molar-refractivity contribution >= 4 is 10.0 Å². The summed E-state index contributed by atoms with van der Waals surface area (Å²) in [7, 11) is -1.31. The molecule has 2 rings (SSSR count). The highest BCUT2D eigenvalue weighted by Gasteiger charge is 2.35. The highest BCUT2D eigenvalue weighted by atomic mass is 32.2. The molecule has 2 aliphatic rings. The Morgan fingerprint density at radius 2 is 2.00 bits per heavy atom. The first-order valence-electron chi connectivity index (χ1n) is 5.79. The molecule has 4 nitrogen and oxygen atoms in total. The van der Waals surface area contributed by atoms with Gasteiger partial charge in [0.1, 0.15) is 0 Å². The third kappa shape index (κ3) is 2.92. The van der Waals surface area contributed by atoms with Crippen LogP contribution < -0.4 is 5.32 Å². The topological polar surface area (TPSA) is 49.4 Å². The van der Waals surface area contributed by atoms with Gasteiger partial charge < -0.3 is 5.32 Å². The Kier molecular flexibility index (Phi) is 3.33. The second-order valence-electron chi connectivity index (χ2n) is 4.67. The van der Waals surface area contributed by atoms with E-state index in [0.717, 1.165) is 32.2 Å². The van der Waals surface area contributed by atoms with Gasteiger partial charge in [0.25, 0.3) is 0 Å². The third-order valence-electron chi connectivity index (χ3n) is 3.32. The summed E-state index contributed by atoms with van der Waals surface area (Å²) in [5.74, 6) is 0.278. The van der Waals surface area contributed by atoms with Crippen LogP contribution in [0.3, 0.4) is 0 Å². The van der Waals surface area contributed by atoms with E-state index in [2.05, 4.69) is 5.32 Å². The Hall–Kier alpha value is -0.130. The van der Waals surface area contributed by atoms with Crippen LogP contribution in [0.15, 0.2) is 0 Å². The quantitative estimate of drug-likeness (QED) is 0.770. The summed E-state index contributed by atoms with van der Waals surface area (Å²) < 4.78 is 25.5. The first-order valence-corrected chi connectivity index (χ1v) is 7.39. The number of nitrogens with one attached hydrogen (secondary N) is 1. The fourth-order valence-corrected chi connectivity index (χ4v) is 3.80. The van der Waals surface area contributed by atoms with Gasteiger partial charge in [-0.25, -0.2) is 12.7 Å². The molecule has 2 fully saturated rings. The Balaban J connectivity index is 1.90. The van der Waals surface area contributed by atoms with Crippen LogP contribution in [0, 0.1) is 0 Å². The molecule has 0 bridgehead atoms. The van der Waals surface area contributed by atoms with E-state index in [-0.39, 0.29) is 11.8 Å². The monoisotopic (exact) mass is 232 g/mol. The van der Waals surface area contributed by atoms with Gasteiger partial charge in [-0.1, -0.05) is 6.42 Å². The number of sulfonamides is 1. The SMILES string of the molecule is CN(C1CC1)S(=O)(=O)CC1CCCCN1. The molecule has 1 saturated carbocycles. The van der Waals surface area contributed by atoms with E-state index in [1.54, 1.807) is 11.4 Å². The van der Waals surface area contributed by atoms with Crippen LogP contribution >= 0.6 is 0 Å². The third-order valence-corrected chi connectivity index (χ3v) is 5.32. The molecule has 1 N–H and O–H groups in total. The van der Waals surface area contributed by atoms with Crippen molar-refractivity contribution in [2.24, 2.45) is 0 Å².